The number of carbonyl (C=O) groups excluding carboxylic acids is 2. The standard InChI is InChI=1S/C33H40N2O5/c1-33(2,3)40-32(39)34-27(19-23-14-8-5-9-15-23)28(36)21-25(18-22-12-6-4-7-13-22)31(38)35-30-26-17-11-10-16-24(26)20-29(30)37/h4-17,25,27-30,36-37H,18-21H2,1-3H3,(H,34,39)(H,35,38)/t25-,27+,28+,29?,30+/m1/s1. The Labute approximate surface area is 236 Å². The van der Waals surface area contributed by atoms with Crippen molar-refractivity contribution in [2.75, 3.05) is 0 Å². The van der Waals surface area contributed by atoms with Crippen molar-refractivity contribution in [3.8, 4) is 0 Å². The molecule has 7 nitrogen and oxygen atoms in total. The summed E-state index contributed by atoms with van der Waals surface area (Å²) in [5.74, 6) is -0.851. The highest BCUT2D eigenvalue weighted by Gasteiger charge is 2.35. The van der Waals surface area contributed by atoms with Gasteiger partial charge in [0, 0.05) is 12.3 Å². The molecule has 0 aromatic heterocycles. The molecule has 2 amide bonds. The van der Waals surface area contributed by atoms with Gasteiger partial charge in [-0.05, 0) is 62.3 Å². The summed E-state index contributed by atoms with van der Waals surface area (Å²) in [7, 11) is 0. The fourth-order valence-electron chi connectivity index (χ4n) is 5.27. The highest BCUT2D eigenvalue weighted by atomic mass is 16.6. The number of carbonyl (C=O) groups is 2. The SMILES string of the molecule is CC(C)(C)OC(=O)N[C@@H](Cc1ccccc1)[C@@H](O)C[C@@H](Cc1ccccc1)C(=O)N[C@H]1c2ccccc2CC1O. The molecule has 5 atom stereocenters. The topological polar surface area (TPSA) is 108 Å². The third-order valence-electron chi connectivity index (χ3n) is 7.19. The van der Waals surface area contributed by atoms with Crippen molar-refractivity contribution in [1.29, 1.82) is 0 Å². The summed E-state index contributed by atoms with van der Waals surface area (Å²) in [4.78, 5) is 26.4. The van der Waals surface area contributed by atoms with E-state index in [1.807, 2.05) is 84.9 Å². The van der Waals surface area contributed by atoms with Gasteiger partial charge < -0.3 is 25.6 Å². The van der Waals surface area contributed by atoms with Crippen molar-refractivity contribution in [3.05, 3.63) is 107 Å². The van der Waals surface area contributed by atoms with E-state index in [2.05, 4.69) is 10.6 Å². The van der Waals surface area contributed by atoms with Gasteiger partial charge in [0.25, 0.3) is 0 Å². The summed E-state index contributed by atoms with van der Waals surface area (Å²) in [6, 6.07) is 25.8. The fraction of sp³-hybridized carbons (Fsp3) is 0.394. The molecule has 1 aliphatic rings. The van der Waals surface area contributed by atoms with Gasteiger partial charge in [0.2, 0.25) is 5.91 Å². The molecule has 0 saturated carbocycles. The Balaban J connectivity index is 1.54. The van der Waals surface area contributed by atoms with Gasteiger partial charge >= 0.3 is 6.09 Å². The summed E-state index contributed by atoms with van der Waals surface area (Å²) in [5.41, 5.74) is 3.14. The maximum Gasteiger partial charge on any atom is 0.407 e. The number of aliphatic hydroxyl groups is 2. The van der Waals surface area contributed by atoms with Crippen LogP contribution in [-0.2, 0) is 28.8 Å². The van der Waals surface area contributed by atoms with Gasteiger partial charge in [-0.25, -0.2) is 4.79 Å². The van der Waals surface area contributed by atoms with Gasteiger partial charge in [-0.3, -0.25) is 4.79 Å². The minimum absolute atomic E-state index is 0.110. The van der Waals surface area contributed by atoms with E-state index in [0.29, 0.717) is 19.3 Å². The molecule has 0 radical (unpaired) electrons. The minimum Gasteiger partial charge on any atom is -0.444 e. The maximum atomic E-state index is 13.7. The average molecular weight is 545 g/mol. The average Bonchev–Trinajstić information content (AvgIpc) is 3.22. The number of hydrogen-bond acceptors (Lipinski definition) is 5. The van der Waals surface area contributed by atoms with Gasteiger partial charge in [0.15, 0.2) is 0 Å². The first-order valence-electron chi connectivity index (χ1n) is 13.9. The Morgan fingerprint density at radius 1 is 0.900 bits per heavy atom. The number of nitrogens with one attached hydrogen (secondary N) is 2. The molecule has 40 heavy (non-hydrogen) atoms. The number of amides is 2. The highest BCUT2D eigenvalue weighted by molar-refractivity contribution is 5.80. The maximum absolute atomic E-state index is 13.7. The van der Waals surface area contributed by atoms with E-state index in [1.54, 1.807) is 20.8 Å². The van der Waals surface area contributed by atoms with E-state index in [0.717, 1.165) is 22.3 Å². The van der Waals surface area contributed by atoms with E-state index >= 15 is 0 Å². The molecular formula is C33H40N2O5. The molecule has 1 aliphatic carbocycles. The van der Waals surface area contributed by atoms with Gasteiger partial charge in [-0.2, -0.15) is 0 Å². The predicted molar refractivity (Wildman–Crippen MR) is 155 cm³/mol. The van der Waals surface area contributed by atoms with Crippen molar-refractivity contribution in [3.63, 3.8) is 0 Å². The Kier molecular flexibility index (Phi) is 9.61. The van der Waals surface area contributed by atoms with Crippen LogP contribution in [0.3, 0.4) is 0 Å². The number of fused-ring (bicyclic) bond motifs is 1. The zero-order chi connectivity index (χ0) is 28.7. The van der Waals surface area contributed by atoms with Crippen LogP contribution in [0.25, 0.3) is 0 Å². The number of alkyl carbamates (subject to hydrolysis) is 1. The Bertz CT molecular complexity index is 1260. The summed E-state index contributed by atoms with van der Waals surface area (Å²) in [6.07, 6.45) is -1.02. The molecule has 0 saturated heterocycles. The summed E-state index contributed by atoms with van der Waals surface area (Å²) in [6.45, 7) is 5.35. The lowest BCUT2D eigenvalue weighted by Gasteiger charge is -2.29. The lowest BCUT2D eigenvalue weighted by atomic mass is 9.88. The van der Waals surface area contributed by atoms with E-state index in [9.17, 15) is 19.8 Å². The van der Waals surface area contributed by atoms with Crippen LogP contribution in [0, 0.1) is 5.92 Å². The predicted octanol–water partition coefficient (Wildman–Crippen LogP) is 4.51. The quantitative estimate of drug-likeness (QED) is 0.301. The highest BCUT2D eigenvalue weighted by Crippen LogP contribution is 2.32. The largest absolute Gasteiger partial charge is 0.444 e. The van der Waals surface area contributed by atoms with Crippen LogP contribution in [0.1, 0.15) is 55.5 Å². The van der Waals surface area contributed by atoms with Crippen molar-refractivity contribution < 1.29 is 24.5 Å². The monoisotopic (exact) mass is 544 g/mol. The zero-order valence-corrected chi connectivity index (χ0v) is 23.4. The third kappa shape index (κ3) is 8.16. The first-order valence-corrected chi connectivity index (χ1v) is 13.9. The Hall–Kier alpha value is -3.68. The van der Waals surface area contributed by atoms with E-state index in [4.69, 9.17) is 4.74 Å². The summed E-state index contributed by atoms with van der Waals surface area (Å²) < 4.78 is 5.47. The van der Waals surface area contributed by atoms with Crippen LogP contribution in [0.5, 0.6) is 0 Å². The molecule has 0 heterocycles. The second-order valence-corrected chi connectivity index (χ2v) is 11.6. The van der Waals surface area contributed by atoms with Crippen LogP contribution in [0.4, 0.5) is 4.79 Å². The van der Waals surface area contributed by atoms with Crippen LogP contribution >= 0.6 is 0 Å². The summed E-state index contributed by atoms with van der Waals surface area (Å²) >= 11 is 0. The molecule has 0 bridgehead atoms. The molecule has 4 N–H and O–H groups in total. The van der Waals surface area contributed by atoms with Crippen LogP contribution < -0.4 is 10.6 Å². The second kappa shape index (κ2) is 13.1. The number of hydrogen-bond donors (Lipinski definition) is 4. The number of aliphatic hydroxyl groups excluding tert-OH is 2. The van der Waals surface area contributed by atoms with Crippen molar-refractivity contribution >= 4 is 12.0 Å². The minimum atomic E-state index is -1.03. The number of rotatable bonds is 10. The first kappa shape index (κ1) is 29.3. The molecule has 7 heteroatoms. The van der Waals surface area contributed by atoms with E-state index < -0.39 is 41.9 Å². The fourth-order valence-corrected chi connectivity index (χ4v) is 5.27. The van der Waals surface area contributed by atoms with Crippen molar-refractivity contribution in [2.45, 2.75) is 76.3 Å². The van der Waals surface area contributed by atoms with Crippen LogP contribution in [0.2, 0.25) is 0 Å². The molecule has 4 rings (SSSR count). The Morgan fingerprint density at radius 3 is 2.10 bits per heavy atom. The van der Waals surface area contributed by atoms with Crippen molar-refractivity contribution in [2.24, 2.45) is 5.92 Å². The molecular weight excluding hydrogens is 504 g/mol. The van der Waals surface area contributed by atoms with Gasteiger partial charge in [-0.15, -0.1) is 0 Å². The van der Waals surface area contributed by atoms with Gasteiger partial charge in [0.1, 0.15) is 5.60 Å². The van der Waals surface area contributed by atoms with Gasteiger partial charge in [0.05, 0.1) is 24.3 Å². The molecule has 3 aromatic carbocycles. The molecule has 0 aliphatic heterocycles. The molecule has 1 unspecified atom stereocenters. The molecule has 212 valence electrons. The van der Waals surface area contributed by atoms with E-state index in [-0.39, 0.29) is 12.3 Å². The first-order chi connectivity index (χ1) is 19.1. The lowest BCUT2D eigenvalue weighted by Crippen LogP contribution is -2.48. The third-order valence-corrected chi connectivity index (χ3v) is 7.19. The molecule has 0 fully saturated rings. The van der Waals surface area contributed by atoms with Crippen LogP contribution in [0.15, 0.2) is 84.9 Å². The molecule has 3 aromatic rings. The van der Waals surface area contributed by atoms with Crippen molar-refractivity contribution in [1.82, 2.24) is 10.6 Å². The number of benzene rings is 3. The molecule has 0 spiro atoms. The van der Waals surface area contributed by atoms with Gasteiger partial charge in [-0.1, -0.05) is 84.9 Å². The smallest absolute Gasteiger partial charge is 0.407 e. The Morgan fingerprint density at radius 2 is 1.48 bits per heavy atom. The zero-order valence-electron chi connectivity index (χ0n) is 23.4. The van der Waals surface area contributed by atoms with Crippen LogP contribution in [-0.4, -0.2) is 46.1 Å². The normalized spacial score (nSPS) is 18.7. The van der Waals surface area contributed by atoms with E-state index in [1.165, 1.54) is 0 Å². The second-order valence-electron chi connectivity index (χ2n) is 11.6. The lowest BCUT2D eigenvalue weighted by molar-refractivity contribution is -0.127. The number of ether oxygens (including phenoxy) is 1. The summed E-state index contributed by atoms with van der Waals surface area (Å²) in [5, 5.41) is 28.1.